The molecule has 2 aromatic rings. The second-order valence-electron chi connectivity index (χ2n) is 18.2. The normalized spacial score (nSPS) is 38.9. The SMILES string of the molecule is CCCCOC(=O)[C@]12CCC(C)(C)C[C@H]1C1=C(c3cccnc3)CC3[C@@]4(C)Cc5c(N)n[nH]c5C(C)(C)[C@@H]4CC[C@@]3(C)[C@]1(C)CC2. The van der Waals surface area contributed by atoms with Crippen LogP contribution in [-0.4, -0.2) is 27.8 Å². The van der Waals surface area contributed by atoms with Gasteiger partial charge in [0.25, 0.3) is 0 Å². The third-order valence-corrected chi connectivity index (χ3v) is 15.1. The maximum absolute atomic E-state index is 14.4. The van der Waals surface area contributed by atoms with Crippen molar-refractivity contribution in [3.63, 3.8) is 0 Å². The summed E-state index contributed by atoms with van der Waals surface area (Å²) < 4.78 is 6.19. The molecule has 7 rings (SSSR count). The Morgan fingerprint density at radius 3 is 2.52 bits per heavy atom. The van der Waals surface area contributed by atoms with Crippen molar-refractivity contribution in [3.05, 3.63) is 46.9 Å². The van der Waals surface area contributed by atoms with Gasteiger partial charge in [0.15, 0.2) is 0 Å². The molecule has 46 heavy (non-hydrogen) atoms. The first-order valence-corrected chi connectivity index (χ1v) is 18.3. The van der Waals surface area contributed by atoms with Gasteiger partial charge in [0.05, 0.1) is 12.0 Å². The Labute approximate surface area is 277 Å². The van der Waals surface area contributed by atoms with Gasteiger partial charge in [0.1, 0.15) is 5.82 Å². The predicted octanol–water partition coefficient (Wildman–Crippen LogP) is 9.07. The highest BCUT2D eigenvalue weighted by molar-refractivity contribution is 5.81. The first-order chi connectivity index (χ1) is 21.6. The Kier molecular flexibility index (Phi) is 7.24. The molecule has 6 heteroatoms. The van der Waals surface area contributed by atoms with E-state index in [2.05, 4.69) is 88.9 Å². The number of aromatic nitrogens is 3. The van der Waals surface area contributed by atoms with Gasteiger partial charge in [0, 0.05) is 29.1 Å². The number of nitrogens with one attached hydrogen (secondary N) is 1. The van der Waals surface area contributed by atoms with Crippen LogP contribution in [0.1, 0.15) is 136 Å². The van der Waals surface area contributed by atoms with Crippen molar-refractivity contribution in [2.75, 3.05) is 12.3 Å². The summed E-state index contributed by atoms with van der Waals surface area (Å²) in [4.78, 5) is 19.1. The molecule has 0 spiro atoms. The fraction of sp³-hybridized carbons (Fsp3) is 0.725. The van der Waals surface area contributed by atoms with E-state index in [1.54, 1.807) is 5.57 Å². The predicted molar refractivity (Wildman–Crippen MR) is 185 cm³/mol. The molecule has 250 valence electrons. The van der Waals surface area contributed by atoms with Crippen LogP contribution in [-0.2, 0) is 21.4 Å². The van der Waals surface area contributed by atoms with Gasteiger partial charge in [-0.2, -0.15) is 5.10 Å². The molecule has 5 aliphatic rings. The molecule has 2 aromatic heterocycles. The van der Waals surface area contributed by atoms with Crippen LogP contribution in [0.3, 0.4) is 0 Å². The van der Waals surface area contributed by atoms with Crippen LogP contribution in [0.4, 0.5) is 5.82 Å². The van der Waals surface area contributed by atoms with E-state index in [0.29, 0.717) is 24.3 Å². The number of pyridine rings is 1. The van der Waals surface area contributed by atoms with E-state index in [1.807, 2.05) is 6.20 Å². The number of fused-ring (bicyclic) bond motifs is 8. The molecule has 2 heterocycles. The molecule has 0 aliphatic heterocycles. The standard InChI is InChI=1S/C40H58N4O2/c1-9-10-20-46-34(45)40-17-15-35(2,3)23-28(40)31-26(25-12-11-19-42-24-25)21-30-37(6)22-27-32(43-44-33(27)41)36(4,5)29(37)13-14-38(30,7)39(31,8)16-18-40/h11-12,19,24,28-30H,9-10,13-18,20-23H2,1-8H3,(H3,41,43,44)/t28-,29-,30?,37-,38+,39+,40-/m0/s1. The minimum absolute atomic E-state index is 0.0350. The van der Waals surface area contributed by atoms with Gasteiger partial charge < -0.3 is 10.5 Å². The first kappa shape index (κ1) is 31.9. The molecule has 7 atom stereocenters. The zero-order chi connectivity index (χ0) is 32.9. The number of rotatable bonds is 5. The molecule has 5 aliphatic carbocycles. The fourth-order valence-corrected chi connectivity index (χ4v) is 12.4. The minimum Gasteiger partial charge on any atom is -0.465 e. The number of esters is 1. The minimum atomic E-state index is -0.442. The summed E-state index contributed by atoms with van der Waals surface area (Å²) in [5.41, 5.74) is 13.2. The topological polar surface area (TPSA) is 93.9 Å². The summed E-state index contributed by atoms with van der Waals surface area (Å²) in [6.07, 6.45) is 15.3. The van der Waals surface area contributed by atoms with Gasteiger partial charge in [-0.3, -0.25) is 14.9 Å². The van der Waals surface area contributed by atoms with Crippen LogP contribution < -0.4 is 5.73 Å². The summed E-state index contributed by atoms with van der Waals surface area (Å²) >= 11 is 0. The smallest absolute Gasteiger partial charge is 0.312 e. The lowest BCUT2D eigenvalue weighted by molar-refractivity contribution is -0.180. The third kappa shape index (κ3) is 4.22. The highest BCUT2D eigenvalue weighted by atomic mass is 16.5. The lowest BCUT2D eigenvalue weighted by atomic mass is 9.33. The van der Waals surface area contributed by atoms with Crippen LogP contribution in [0.5, 0.6) is 0 Å². The number of carbonyl (C=O) groups excluding carboxylic acids is 1. The average Bonchev–Trinajstić information content (AvgIpc) is 3.37. The molecule has 3 saturated carbocycles. The second kappa shape index (κ2) is 10.4. The number of nitrogens with zero attached hydrogens (tertiary/aromatic N) is 2. The quantitative estimate of drug-likeness (QED) is 0.255. The monoisotopic (exact) mass is 626 g/mol. The molecular weight excluding hydrogens is 568 g/mol. The van der Waals surface area contributed by atoms with Crippen LogP contribution in [0, 0.1) is 44.8 Å². The number of carbonyl (C=O) groups is 1. The van der Waals surface area contributed by atoms with Gasteiger partial charge in [0.2, 0.25) is 0 Å². The highest BCUT2D eigenvalue weighted by Crippen LogP contribution is 2.77. The number of hydrogen-bond donors (Lipinski definition) is 2. The Bertz CT molecular complexity index is 1560. The maximum atomic E-state index is 14.4. The summed E-state index contributed by atoms with van der Waals surface area (Å²) in [6, 6.07) is 4.38. The number of anilines is 1. The molecule has 0 bridgehead atoms. The van der Waals surface area contributed by atoms with E-state index in [-0.39, 0.29) is 39.0 Å². The van der Waals surface area contributed by atoms with Crippen molar-refractivity contribution in [1.29, 1.82) is 0 Å². The van der Waals surface area contributed by atoms with Crippen LogP contribution in [0.25, 0.3) is 5.57 Å². The van der Waals surface area contributed by atoms with Crippen molar-refractivity contribution in [2.24, 2.45) is 44.8 Å². The molecule has 0 radical (unpaired) electrons. The lowest BCUT2D eigenvalue weighted by Crippen LogP contribution is -2.65. The summed E-state index contributed by atoms with van der Waals surface area (Å²) in [5.74, 6) is 1.91. The number of allylic oxidation sites excluding steroid dienone is 2. The number of aromatic amines is 1. The summed E-state index contributed by atoms with van der Waals surface area (Å²) in [5, 5.41) is 7.92. The van der Waals surface area contributed by atoms with Gasteiger partial charge in [-0.15, -0.1) is 0 Å². The van der Waals surface area contributed by atoms with Gasteiger partial charge in [-0.1, -0.05) is 73.5 Å². The number of nitrogen functional groups attached to an aromatic ring is 1. The molecule has 3 N–H and O–H groups in total. The molecule has 1 unspecified atom stereocenters. The van der Waals surface area contributed by atoms with Crippen LogP contribution >= 0.6 is 0 Å². The van der Waals surface area contributed by atoms with E-state index in [9.17, 15) is 4.79 Å². The van der Waals surface area contributed by atoms with Crippen molar-refractivity contribution in [3.8, 4) is 0 Å². The van der Waals surface area contributed by atoms with Crippen molar-refractivity contribution in [2.45, 2.75) is 131 Å². The van der Waals surface area contributed by atoms with Crippen molar-refractivity contribution >= 4 is 17.4 Å². The number of ether oxygens (including phenoxy) is 1. The van der Waals surface area contributed by atoms with Gasteiger partial charge in [-0.25, -0.2) is 0 Å². The Morgan fingerprint density at radius 2 is 1.80 bits per heavy atom. The van der Waals surface area contributed by atoms with E-state index < -0.39 is 5.41 Å². The Hall–Kier alpha value is -2.63. The maximum Gasteiger partial charge on any atom is 0.312 e. The Morgan fingerprint density at radius 1 is 1.04 bits per heavy atom. The largest absolute Gasteiger partial charge is 0.465 e. The second-order valence-corrected chi connectivity index (χ2v) is 18.2. The molecular formula is C40H58N4O2. The van der Waals surface area contributed by atoms with Gasteiger partial charge in [-0.05, 0) is 121 Å². The number of unbranched alkanes of at least 4 members (excludes halogenated alkanes) is 1. The zero-order valence-corrected chi connectivity index (χ0v) is 29.8. The van der Waals surface area contributed by atoms with Crippen LogP contribution in [0.2, 0.25) is 0 Å². The van der Waals surface area contributed by atoms with E-state index >= 15 is 0 Å². The summed E-state index contributed by atoms with van der Waals surface area (Å²) in [7, 11) is 0. The molecule has 0 aromatic carbocycles. The molecule has 0 amide bonds. The number of nitrogens with two attached hydrogens (primary N) is 1. The number of H-pyrrole nitrogens is 1. The molecule has 3 fully saturated rings. The average molecular weight is 627 g/mol. The molecule has 6 nitrogen and oxygen atoms in total. The fourth-order valence-electron chi connectivity index (χ4n) is 12.4. The van der Waals surface area contributed by atoms with E-state index in [1.165, 1.54) is 35.2 Å². The lowest BCUT2D eigenvalue weighted by Gasteiger charge is -2.71. The van der Waals surface area contributed by atoms with Crippen LogP contribution in [0.15, 0.2) is 30.1 Å². The van der Waals surface area contributed by atoms with Gasteiger partial charge >= 0.3 is 5.97 Å². The Balaban J connectivity index is 1.43. The highest BCUT2D eigenvalue weighted by Gasteiger charge is 2.70. The van der Waals surface area contributed by atoms with Crippen molar-refractivity contribution in [1.82, 2.24) is 15.2 Å². The zero-order valence-electron chi connectivity index (χ0n) is 29.8. The van der Waals surface area contributed by atoms with Crippen molar-refractivity contribution < 1.29 is 9.53 Å². The molecule has 0 saturated heterocycles. The first-order valence-electron chi connectivity index (χ1n) is 18.3. The van der Waals surface area contributed by atoms with E-state index in [0.717, 1.165) is 57.8 Å². The third-order valence-electron chi connectivity index (χ3n) is 15.1. The summed E-state index contributed by atoms with van der Waals surface area (Å²) in [6.45, 7) is 20.2. The van der Waals surface area contributed by atoms with E-state index in [4.69, 9.17) is 10.5 Å². The number of hydrogen-bond acceptors (Lipinski definition) is 5.